The SMILES string of the molecule is O=C(NN=Cc1ccc(OC(=O)c2ccc3c(c2)OCO3)cc1)c1ccc2c(c1)OCO2. The van der Waals surface area contributed by atoms with Gasteiger partial charge in [-0.15, -0.1) is 0 Å². The third-order valence-corrected chi connectivity index (χ3v) is 4.71. The van der Waals surface area contributed by atoms with Crippen molar-refractivity contribution in [3.63, 3.8) is 0 Å². The zero-order chi connectivity index (χ0) is 21.9. The number of hydrogen-bond donors (Lipinski definition) is 1. The Morgan fingerprint density at radius 2 is 1.38 bits per heavy atom. The lowest BCUT2D eigenvalue weighted by molar-refractivity contribution is 0.0734. The van der Waals surface area contributed by atoms with Crippen molar-refractivity contribution in [3.05, 3.63) is 77.4 Å². The number of hydrazone groups is 1. The topological polar surface area (TPSA) is 105 Å². The Labute approximate surface area is 182 Å². The van der Waals surface area contributed by atoms with Gasteiger partial charge in [0.05, 0.1) is 11.8 Å². The maximum absolute atomic E-state index is 12.3. The first-order chi connectivity index (χ1) is 15.7. The van der Waals surface area contributed by atoms with Crippen molar-refractivity contribution in [3.8, 4) is 28.7 Å². The van der Waals surface area contributed by atoms with Crippen LogP contribution in [0.2, 0.25) is 0 Å². The van der Waals surface area contributed by atoms with Crippen LogP contribution in [0.4, 0.5) is 0 Å². The highest BCUT2D eigenvalue weighted by molar-refractivity contribution is 5.95. The molecule has 0 aliphatic carbocycles. The van der Waals surface area contributed by atoms with E-state index in [9.17, 15) is 9.59 Å². The van der Waals surface area contributed by atoms with Gasteiger partial charge in [0, 0.05) is 5.56 Å². The molecule has 0 unspecified atom stereocenters. The monoisotopic (exact) mass is 432 g/mol. The summed E-state index contributed by atoms with van der Waals surface area (Å²) in [6.07, 6.45) is 1.48. The van der Waals surface area contributed by atoms with Crippen LogP contribution in [-0.4, -0.2) is 31.7 Å². The number of amides is 1. The van der Waals surface area contributed by atoms with E-state index in [1.54, 1.807) is 60.7 Å². The summed E-state index contributed by atoms with van der Waals surface area (Å²) >= 11 is 0. The first-order valence-corrected chi connectivity index (χ1v) is 9.61. The van der Waals surface area contributed by atoms with Crippen molar-refractivity contribution in [1.82, 2.24) is 5.43 Å². The maximum atomic E-state index is 12.3. The fourth-order valence-electron chi connectivity index (χ4n) is 3.08. The van der Waals surface area contributed by atoms with E-state index in [1.165, 1.54) is 6.21 Å². The van der Waals surface area contributed by atoms with Gasteiger partial charge in [-0.3, -0.25) is 4.79 Å². The molecule has 0 saturated carbocycles. The Morgan fingerprint density at radius 1 is 0.781 bits per heavy atom. The van der Waals surface area contributed by atoms with Crippen molar-refractivity contribution in [2.24, 2.45) is 5.10 Å². The quantitative estimate of drug-likeness (QED) is 0.286. The molecule has 0 bridgehead atoms. The van der Waals surface area contributed by atoms with E-state index in [4.69, 9.17) is 23.7 Å². The molecule has 2 aliphatic heterocycles. The smallest absolute Gasteiger partial charge is 0.343 e. The van der Waals surface area contributed by atoms with E-state index in [0.717, 1.165) is 0 Å². The lowest BCUT2D eigenvalue weighted by atomic mass is 10.2. The molecule has 2 aliphatic rings. The molecule has 9 nitrogen and oxygen atoms in total. The Morgan fingerprint density at radius 3 is 2.06 bits per heavy atom. The second kappa shape index (κ2) is 8.31. The summed E-state index contributed by atoms with van der Waals surface area (Å²) in [5, 5.41) is 3.95. The fraction of sp³-hybridized carbons (Fsp3) is 0.0870. The molecule has 3 aromatic rings. The molecule has 0 radical (unpaired) electrons. The van der Waals surface area contributed by atoms with Gasteiger partial charge in [-0.2, -0.15) is 5.10 Å². The molecule has 5 rings (SSSR count). The molecular weight excluding hydrogens is 416 g/mol. The van der Waals surface area contributed by atoms with Gasteiger partial charge in [0.25, 0.3) is 5.91 Å². The highest BCUT2D eigenvalue weighted by atomic mass is 16.7. The molecule has 2 heterocycles. The second-order valence-corrected chi connectivity index (χ2v) is 6.79. The van der Waals surface area contributed by atoms with Crippen molar-refractivity contribution < 1.29 is 33.3 Å². The Balaban J connectivity index is 1.17. The van der Waals surface area contributed by atoms with Crippen LogP contribution in [0.25, 0.3) is 0 Å². The van der Waals surface area contributed by atoms with E-state index in [-0.39, 0.29) is 19.5 Å². The number of benzene rings is 3. The van der Waals surface area contributed by atoms with Crippen molar-refractivity contribution in [2.45, 2.75) is 0 Å². The molecule has 32 heavy (non-hydrogen) atoms. The third-order valence-electron chi connectivity index (χ3n) is 4.71. The van der Waals surface area contributed by atoms with E-state index in [2.05, 4.69) is 10.5 Å². The number of nitrogens with zero attached hydrogens (tertiary/aromatic N) is 1. The minimum Gasteiger partial charge on any atom is -0.454 e. The number of esters is 1. The average Bonchev–Trinajstić information content (AvgIpc) is 3.48. The van der Waals surface area contributed by atoms with Crippen molar-refractivity contribution >= 4 is 18.1 Å². The van der Waals surface area contributed by atoms with Crippen LogP contribution in [0, 0.1) is 0 Å². The molecule has 0 spiro atoms. The Kier molecular flexibility index (Phi) is 5.04. The maximum Gasteiger partial charge on any atom is 0.343 e. The van der Waals surface area contributed by atoms with Gasteiger partial charge in [-0.05, 0) is 66.2 Å². The molecule has 9 heteroatoms. The molecule has 0 aromatic heterocycles. The molecule has 160 valence electrons. The van der Waals surface area contributed by atoms with Gasteiger partial charge >= 0.3 is 5.97 Å². The van der Waals surface area contributed by atoms with E-state index in [1.807, 2.05) is 0 Å². The molecule has 1 N–H and O–H groups in total. The van der Waals surface area contributed by atoms with Crippen molar-refractivity contribution in [2.75, 3.05) is 13.6 Å². The van der Waals surface area contributed by atoms with Gasteiger partial charge in [0.1, 0.15) is 5.75 Å². The van der Waals surface area contributed by atoms with Crippen molar-refractivity contribution in [1.29, 1.82) is 0 Å². The lowest BCUT2D eigenvalue weighted by Gasteiger charge is -2.05. The van der Waals surface area contributed by atoms with Crippen LogP contribution < -0.4 is 29.1 Å². The fourth-order valence-corrected chi connectivity index (χ4v) is 3.08. The van der Waals surface area contributed by atoms with Gasteiger partial charge in [0.15, 0.2) is 23.0 Å². The molecule has 0 atom stereocenters. The molecule has 0 saturated heterocycles. The zero-order valence-corrected chi connectivity index (χ0v) is 16.6. The summed E-state index contributed by atoms with van der Waals surface area (Å²) in [4.78, 5) is 24.6. The van der Waals surface area contributed by atoms with E-state index < -0.39 is 5.97 Å². The predicted octanol–water partition coefficient (Wildman–Crippen LogP) is 3.13. The number of ether oxygens (including phenoxy) is 5. The summed E-state index contributed by atoms with van der Waals surface area (Å²) < 4.78 is 26.4. The molecule has 0 fully saturated rings. The minimum atomic E-state index is -0.513. The average molecular weight is 432 g/mol. The second-order valence-electron chi connectivity index (χ2n) is 6.79. The first kappa shape index (κ1) is 19.4. The van der Waals surface area contributed by atoms with Crippen LogP contribution in [-0.2, 0) is 0 Å². The number of hydrogen-bond acceptors (Lipinski definition) is 8. The molecule has 3 aromatic carbocycles. The van der Waals surface area contributed by atoms with Crippen LogP contribution >= 0.6 is 0 Å². The van der Waals surface area contributed by atoms with E-state index in [0.29, 0.717) is 45.4 Å². The molecule has 1 amide bonds. The third kappa shape index (κ3) is 4.04. The highest BCUT2D eigenvalue weighted by Gasteiger charge is 2.18. The number of nitrogens with one attached hydrogen (secondary N) is 1. The number of rotatable bonds is 5. The Hall–Kier alpha value is -4.53. The Bertz CT molecular complexity index is 1220. The van der Waals surface area contributed by atoms with Gasteiger partial charge in [0.2, 0.25) is 13.6 Å². The molecular formula is C23H16N2O7. The summed E-state index contributed by atoms with van der Waals surface area (Å²) in [5.74, 6) is 1.70. The van der Waals surface area contributed by atoms with Crippen LogP contribution in [0.5, 0.6) is 28.7 Å². The minimum absolute atomic E-state index is 0.133. The largest absolute Gasteiger partial charge is 0.454 e. The summed E-state index contributed by atoms with van der Waals surface area (Å²) in [6.45, 7) is 0.272. The summed E-state index contributed by atoms with van der Waals surface area (Å²) in [6, 6.07) is 16.4. The highest BCUT2D eigenvalue weighted by Crippen LogP contribution is 2.33. The van der Waals surface area contributed by atoms with Gasteiger partial charge < -0.3 is 23.7 Å². The van der Waals surface area contributed by atoms with Crippen LogP contribution in [0.1, 0.15) is 26.3 Å². The van der Waals surface area contributed by atoms with Crippen LogP contribution in [0.3, 0.4) is 0 Å². The number of carbonyl (C=O) groups excluding carboxylic acids is 2. The normalized spacial score (nSPS) is 13.2. The zero-order valence-electron chi connectivity index (χ0n) is 16.6. The van der Waals surface area contributed by atoms with Gasteiger partial charge in [-0.25, -0.2) is 10.2 Å². The van der Waals surface area contributed by atoms with E-state index >= 15 is 0 Å². The number of fused-ring (bicyclic) bond motifs is 2. The van der Waals surface area contributed by atoms with Gasteiger partial charge in [-0.1, -0.05) is 0 Å². The van der Waals surface area contributed by atoms with Crippen LogP contribution in [0.15, 0.2) is 65.8 Å². The number of carbonyl (C=O) groups is 2. The predicted molar refractivity (Wildman–Crippen MR) is 112 cm³/mol. The first-order valence-electron chi connectivity index (χ1n) is 9.61. The lowest BCUT2D eigenvalue weighted by Crippen LogP contribution is -2.17. The summed E-state index contributed by atoms with van der Waals surface area (Å²) in [5.41, 5.74) is 3.91. The standard InChI is InChI=1S/C23H16N2O7/c26-22(15-3-7-18-20(9-15)30-12-28-18)25-24-11-14-1-5-17(6-2-14)32-23(27)16-4-8-19-21(10-16)31-13-29-19/h1-11H,12-13H2,(H,25,26). The summed E-state index contributed by atoms with van der Waals surface area (Å²) in [7, 11) is 0.